The van der Waals surface area contributed by atoms with Gasteiger partial charge in [-0.05, 0) is 87.5 Å². The molecule has 1 aromatic heterocycles. The summed E-state index contributed by atoms with van der Waals surface area (Å²) in [5.41, 5.74) is 11.5. The molecule has 1 heterocycles. The zero-order valence-corrected chi connectivity index (χ0v) is 23.8. The van der Waals surface area contributed by atoms with E-state index >= 15 is 0 Å². The van der Waals surface area contributed by atoms with Crippen LogP contribution in [0.4, 0.5) is 17.1 Å². The van der Waals surface area contributed by atoms with Crippen LogP contribution in [0.1, 0.15) is 27.1 Å². The van der Waals surface area contributed by atoms with E-state index in [1.807, 2.05) is 24.3 Å². The van der Waals surface area contributed by atoms with E-state index in [1.165, 1.54) is 43.8 Å². The highest BCUT2D eigenvalue weighted by Crippen LogP contribution is 2.65. The molecule has 0 saturated heterocycles. The first-order valence-electron chi connectivity index (χ1n) is 14.1. The number of rotatable bonds is 4. The molecule has 200 valence electrons. The highest BCUT2D eigenvalue weighted by molar-refractivity contribution is 7.16. The van der Waals surface area contributed by atoms with E-state index < -0.39 is 5.41 Å². The largest absolute Gasteiger partial charge is 0.310 e. The van der Waals surface area contributed by atoms with Crippen molar-refractivity contribution in [1.82, 2.24) is 0 Å². The molecule has 0 amide bonds. The fourth-order valence-corrected chi connectivity index (χ4v) is 8.13. The van der Waals surface area contributed by atoms with Gasteiger partial charge in [-0.3, -0.25) is 0 Å². The summed E-state index contributed by atoms with van der Waals surface area (Å²) in [5, 5.41) is 19.0. The molecule has 3 nitrogen and oxygen atoms in total. The van der Waals surface area contributed by atoms with Crippen LogP contribution < -0.4 is 4.90 Å². The second kappa shape index (κ2) is 9.71. The van der Waals surface area contributed by atoms with E-state index in [-0.39, 0.29) is 5.57 Å². The summed E-state index contributed by atoms with van der Waals surface area (Å²) in [6.45, 7) is 0. The van der Waals surface area contributed by atoms with Crippen LogP contribution in [0.5, 0.6) is 0 Å². The summed E-state index contributed by atoms with van der Waals surface area (Å²) >= 11 is 1.65. The van der Waals surface area contributed by atoms with Gasteiger partial charge in [0.25, 0.3) is 0 Å². The van der Waals surface area contributed by atoms with Crippen LogP contribution in [0.25, 0.3) is 27.6 Å². The van der Waals surface area contributed by atoms with E-state index in [1.54, 1.807) is 17.4 Å². The monoisotopic (exact) mass is 565 g/mol. The molecule has 0 unspecified atom stereocenters. The number of nitriles is 2. The number of benzene rings is 5. The van der Waals surface area contributed by atoms with Crippen LogP contribution in [0, 0.1) is 22.7 Å². The van der Waals surface area contributed by atoms with Gasteiger partial charge >= 0.3 is 0 Å². The minimum atomic E-state index is -0.519. The molecule has 6 aromatic rings. The maximum absolute atomic E-state index is 9.49. The molecule has 4 heteroatoms. The summed E-state index contributed by atoms with van der Waals surface area (Å²) in [7, 11) is 0. The highest BCUT2D eigenvalue weighted by atomic mass is 32.1. The van der Waals surface area contributed by atoms with Crippen molar-refractivity contribution in [3.63, 3.8) is 0 Å². The Hall–Kier alpha value is -5.68. The molecule has 5 aromatic carbocycles. The van der Waals surface area contributed by atoms with Crippen LogP contribution in [-0.2, 0) is 5.41 Å². The first-order chi connectivity index (χ1) is 21.2. The molecule has 8 rings (SSSR count). The lowest BCUT2D eigenvalue weighted by Crippen LogP contribution is -2.26. The minimum absolute atomic E-state index is 0.109. The number of thiophene rings is 1. The molecule has 0 bridgehead atoms. The Balaban J connectivity index is 1.44. The number of para-hydroxylation sites is 2. The Morgan fingerprint density at radius 1 is 0.558 bits per heavy atom. The second-order valence-corrected chi connectivity index (χ2v) is 11.8. The topological polar surface area (TPSA) is 50.8 Å². The summed E-state index contributed by atoms with van der Waals surface area (Å²) in [6, 6.07) is 51.5. The normalized spacial score (nSPS) is 12.8. The number of hydrogen-bond acceptors (Lipinski definition) is 4. The van der Waals surface area contributed by atoms with Crippen molar-refractivity contribution in [3.05, 3.63) is 166 Å². The van der Waals surface area contributed by atoms with E-state index in [0.29, 0.717) is 0 Å². The maximum atomic E-state index is 9.49. The summed E-state index contributed by atoms with van der Waals surface area (Å²) < 4.78 is 0. The third kappa shape index (κ3) is 3.58. The SMILES string of the molecule is N#CC(C#N)=Cc1cc2c(s1)-c1ccc(N(c3ccccc3)c3ccccc3)cc1C21c2ccccc2-c2ccccc21. The fourth-order valence-electron chi connectivity index (χ4n) is 6.93. The summed E-state index contributed by atoms with van der Waals surface area (Å²) in [6.07, 6.45) is 1.71. The van der Waals surface area contributed by atoms with Gasteiger partial charge in [-0.15, -0.1) is 11.3 Å². The molecule has 2 aliphatic carbocycles. The molecule has 0 aliphatic heterocycles. The van der Waals surface area contributed by atoms with Gasteiger partial charge in [0, 0.05) is 26.8 Å². The van der Waals surface area contributed by atoms with Crippen molar-refractivity contribution in [2.75, 3.05) is 4.90 Å². The van der Waals surface area contributed by atoms with Crippen molar-refractivity contribution >= 4 is 34.5 Å². The predicted octanol–water partition coefficient (Wildman–Crippen LogP) is 9.99. The number of hydrogen-bond donors (Lipinski definition) is 0. The lowest BCUT2D eigenvalue weighted by Gasteiger charge is -2.32. The van der Waals surface area contributed by atoms with Crippen molar-refractivity contribution < 1.29 is 0 Å². The maximum Gasteiger partial charge on any atom is 0.131 e. The van der Waals surface area contributed by atoms with Crippen molar-refractivity contribution in [2.45, 2.75) is 5.41 Å². The molecule has 1 spiro atoms. The van der Waals surface area contributed by atoms with Gasteiger partial charge in [0.2, 0.25) is 0 Å². The average molecular weight is 566 g/mol. The molecule has 0 atom stereocenters. The van der Waals surface area contributed by atoms with Gasteiger partial charge in [-0.25, -0.2) is 0 Å². The van der Waals surface area contributed by atoms with Gasteiger partial charge in [0.1, 0.15) is 17.7 Å². The van der Waals surface area contributed by atoms with E-state index in [0.717, 1.165) is 21.9 Å². The lowest BCUT2D eigenvalue weighted by atomic mass is 9.71. The van der Waals surface area contributed by atoms with Crippen LogP contribution in [0.3, 0.4) is 0 Å². The summed E-state index contributed by atoms with van der Waals surface area (Å²) in [5.74, 6) is 0. The third-order valence-corrected chi connectivity index (χ3v) is 9.69. The standard InChI is InChI=1S/C39H23N3S/c40-24-26(25-41)21-30-23-37-38(43-30)33-20-19-29(42(27-11-3-1-4-12-27)28-13-5-2-6-14-28)22-36(33)39(37)34-17-9-7-15-31(34)32-16-8-10-18-35(32)39/h1-23H. The van der Waals surface area contributed by atoms with E-state index in [9.17, 15) is 10.5 Å². The third-order valence-electron chi connectivity index (χ3n) is 8.57. The number of nitrogens with zero attached hydrogens (tertiary/aromatic N) is 3. The molecular weight excluding hydrogens is 543 g/mol. The van der Waals surface area contributed by atoms with Gasteiger partial charge in [-0.2, -0.15) is 10.5 Å². The van der Waals surface area contributed by atoms with Crippen LogP contribution in [-0.4, -0.2) is 0 Å². The minimum Gasteiger partial charge on any atom is -0.310 e. The Labute approximate surface area is 254 Å². The predicted molar refractivity (Wildman–Crippen MR) is 175 cm³/mol. The molecule has 0 N–H and O–H groups in total. The number of fused-ring (bicyclic) bond motifs is 10. The number of allylic oxidation sites excluding steroid dienone is 1. The number of anilines is 3. The smallest absolute Gasteiger partial charge is 0.131 e. The Morgan fingerprint density at radius 3 is 1.70 bits per heavy atom. The molecule has 0 saturated carbocycles. The zero-order chi connectivity index (χ0) is 29.0. The van der Waals surface area contributed by atoms with Crippen LogP contribution in [0.15, 0.2) is 139 Å². The van der Waals surface area contributed by atoms with Gasteiger partial charge in [-0.1, -0.05) is 91.0 Å². The average Bonchev–Trinajstić information content (AvgIpc) is 3.70. The summed E-state index contributed by atoms with van der Waals surface area (Å²) in [4.78, 5) is 4.41. The van der Waals surface area contributed by atoms with Gasteiger partial charge < -0.3 is 4.90 Å². The molecular formula is C39H23N3S. The molecule has 0 radical (unpaired) electrons. The van der Waals surface area contributed by atoms with Crippen LogP contribution >= 0.6 is 11.3 Å². The van der Waals surface area contributed by atoms with Gasteiger partial charge in [0.15, 0.2) is 0 Å². The van der Waals surface area contributed by atoms with Crippen molar-refractivity contribution in [3.8, 4) is 33.7 Å². The highest BCUT2D eigenvalue weighted by Gasteiger charge is 2.52. The first-order valence-corrected chi connectivity index (χ1v) is 15.0. The first kappa shape index (κ1) is 25.1. The quantitative estimate of drug-likeness (QED) is 0.200. The Kier molecular flexibility index (Phi) is 5.66. The fraction of sp³-hybridized carbons (Fsp3) is 0.0256. The molecule has 43 heavy (non-hydrogen) atoms. The van der Waals surface area contributed by atoms with E-state index in [4.69, 9.17) is 0 Å². The van der Waals surface area contributed by atoms with Crippen molar-refractivity contribution in [1.29, 1.82) is 10.5 Å². The Bertz CT molecular complexity index is 2060. The van der Waals surface area contributed by atoms with Gasteiger partial charge in [0.05, 0.1) is 5.41 Å². The van der Waals surface area contributed by atoms with Crippen molar-refractivity contribution in [2.24, 2.45) is 0 Å². The Morgan fingerprint density at radius 2 is 1.12 bits per heavy atom. The van der Waals surface area contributed by atoms with Crippen LogP contribution in [0.2, 0.25) is 0 Å². The van der Waals surface area contributed by atoms with E-state index in [2.05, 4.69) is 126 Å². The lowest BCUT2D eigenvalue weighted by molar-refractivity contribution is 0.795. The molecule has 0 fully saturated rings. The second-order valence-electron chi connectivity index (χ2n) is 10.8. The zero-order valence-electron chi connectivity index (χ0n) is 23.0. The molecule has 2 aliphatic rings.